The number of H-pyrrole nitrogens is 1. The minimum atomic E-state index is -0.0586. The normalized spacial score (nSPS) is 15.9. The summed E-state index contributed by atoms with van der Waals surface area (Å²) in [4.78, 5) is 18.9. The molecule has 1 heterocycles. The molecular formula is C13H21N3O. The molecule has 1 aliphatic carbocycles. The average molecular weight is 235 g/mol. The van der Waals surface area contributed by atoms with Gasteiger partial charge in [-0.2, -0.15) is 0 Å². The lowest BCUT2D eigenvalue weighted by molar-refractivity contribution is 0.508. The van der Waals surface area contributed by atoms with Crippen LogP contribution in [0.2, 0.25) is 0 Å². The van der Waals surface area contributed by atoms with Crippen molar-refractivity contribution >= 4 is 5.82 Å². The van der Waals surface area contributed by atoms with Gasteiger partial charge in [0.25, 0.3) is 5.56 Å². The van der Waals surface area contributed by atoms with E-state index in [9.17, 15) is 4.79 Å². The molecule has 0 unspecified atom stereocenters. The number of nitrogens with zero attached hydrogens (tertiary/aromatic N) is 1. The van der Waals surface area contributed by atoms with Crippen LogP contribution in [0.15, 0.2) is 10.9 Å². The standard InChI is InChI=1S/C13H21N3O/c1-4-7-13(2,3)16-10-8-11(17)15-12(14-10)9-5-6-9/h8-9H,4-7H2,1-3H3,(H2,14,15,16,17). The van der Waals surface area contributed by atoms with E-state index in [4.69, 9.17) is 0 Å². The lowest BCUT2D eigenvalue weighted by atomic mass is 9.99. The van der Waals surface area contributed by atoms with Gasteiger partial charge in [-0.05, 0) is 33.1 Å². The molecule has 0 bridgehead atoms. The van der Waals surface area contributed by atoms with Crippen LogP contribution in [0.3, 0.4) is 0 Å². The lowest BCUT2D eigenvalue weighted by Gasteiger charge is -2.26. The Morgan fingerprint density at radius 1 is 1.53 bits per heavy atom. The molecule has 0 amide bonds. The number of aromatic amines is 1. The molecule has 0 spiro atoms. The minimum Gasteiger partial charge on any atom is -0.365 e. The molecule has 4 nitrogen and oxygen atoms in total. The number of nitrogens with one attached hydrogen (secondary N) is 2. The van der Waals surface area contributed by atoms with Crippen LogP contribution in [0.1, 0.15) is 58.2 Å². The maximum Gasteiger partial charge on any atom is 0.252 e. The van der Waals surface area contributed by atoms with E-state index < -0.39 is 0 Å². The summed E-state index contributed by atoms with van der Waals surface area (Å²) in [6.07, 6.45) is 4.45. The molecule has 0 aromatic carbocycles. The third kappa shape index (κ3) is 3.32. The quantitative estimate of drug-likeness (QED) is 0.825. The van der Waals surface area contributed by atoms with Crippen molar-refractivity contribution < 1.29 is 0 Å². The van der Waals surface area contributed by atoms with Gasteiger partial charge in [-0.3, -0.25) is 4.79 Å². The van der Waals surface area contributed by atoms with E-state index in [1.807, 2.05) is 0 Å². The molecule has 1 aliphatic rings. The zero-order valence-corrected chi connectivity index (χ0v) is 10.8. The van der Waals surface area contributed by atoms with Gasteiger partial charge in [0.15, 0.2) is 0 Å². The van der Waals surface area contributed by atoms with Gasteiger partial charge >= 0.3 is 0 Å². The second-order valence-electron chi connectivity index (χ2n) is 5.55. The predicted molar refractivity (Wildman–Crippen MR) is 69.4 cm³/mol. The summed E-state index contributed by atoms with van der Waals surface area (Å²) in [7, 11) is 0. The first-order valence-electron chi connectivity index (χ1n) is 6.39. The Labute approximate surface area is 102 Å². The Kier molecular flexibility index (Phi) is 3.22. The summed E-state index contributed by atoms with van der Waals surface area (Å²) in [6.45, 7) is 6.43. The Morgan fingerprint density at radius 2 is 2.24 bits per heavy atom. The highest BCUT2D eigenvalue weighted by Gasteiger charge is 2.27. The van der Waals surface area contributed by atoms with E-state index in [1.165, 1.54) is 0 Å². The van der Waals surface area contributed by atoms with Crippen molar-refractivity contribution in [1.82, 2.24) is 9.97 Å². The maximum atomic E-state index is 11.6. The summed E-state index contributed by atoms with van der Waals surface area (Å²) in [5.41, 5.74) is -0.0761. The van der Waals surface area contributed by atoms with Crippen molar-refractivity contribution in [3.05, 3.63) is 22.2 Å². The average Bonchev–Trinajstić information content (AvgIpc) is 2.97. The topological polar surface area (TPSA) is 57.8 Å². The van der Waals surface area contributed by atoms with Crippen LogP contribution in [0.5, 0.6) is 0 Å². The Balaban J connectivity index is 2.17. The van der Waals surface area contributed by atoms with Crippen molar-refractivity contribution in [2.75, 3.05) is 5.32 Å². The van der Waals surface area contributed by atoms with Gasteiger partial charge in [0.05, 0.1) is 0 Å². The molecule has 2 N–H and O–H groups in total. The third-order valence-corrected chi connectivity index (χ3v) is 3.07. The Morgan fingerprint density at radius 3 is 2.82 bits per heavy atom. The summed E-state index contributed by atoms with van der Waals surface area (Å²) in [6, 6.07) is 1.54. The van der Waals surface area contributed by atoms with Crippen LogP contribution in [-0.4, -0.2) is 15.5 Å². The number of rotatable bonds is 5. The highest BCUT2D eigenvalue weighted by Crippen LogP contribution is 2.37. The van der Waals surface area contributed by atoms with E-state index in [0.29, 0.717) is 11.7 Å². The molecular weight excluding hydrogens is 214 g/mol. The predicted octanol–water partition coefficient (Wildman–Crippen LogP) is 2.64. The molecule has 4 heteroatoms. The van der Waals surface area contributed by atoms with Gasteiger partial charge in [0.1, 0.15) is 11.6 Å². The van der Waals surface area contributed by atoms with Crippen LogP contribution in [0.4, 0.5) is 5.82 Å². The minimum absolute atomic E-state index is 0.0175. The first-order chi connectivity index (χ1) is 8.00. The molecule has 1 aromatic heterocycles. The fraction of sp³-hybridized carbons (Fsp3) is 0.692. The molecule has 1 aromatic rings. The number of hydrogen-bond acceptors (Lipinski definition) is 3. The van der Waals surface area contributed by atoms with Crippen LogP contribution in [0.25, 0.3) is 0 Å². The molecule has 0 aliphatic heterocycles. The van der Waals surface area contributed by atoms with Gasteiger partial charge < -0.3 is 10.3 Å². The van der Waals surface area contributed by atoms with Gasteiger partial charge in [-0.1, -0.05) is 13.3 Å². The molecule has 17 heavy (non-hydrogen) atoms. The second-order valence-corrected chi connectivity index (χ2v) is 5.55. The summed E-state index contributed by atoms with van der Waals surface area (Å²) in [5.74, 6) is 2.01. The van der Waals surface area contributed by atoms with Crippen molar-refractivity contribution in [1.29, 1.82) is 0 Å². The van der Waals surface area contributed by atoms with Crippen LogP contribution < -0.4 is 10.9 Å². The monoisotopic (exact) mass is 235 g/mol. The number of aromatic nitrogens is 2. The van der Waals surface area contributed by atoms with E-state index in [1.54, 1.807) is 6.07 Å². The zero-order valence-electron chi connectivity index (χ0n) is 10.8. The van der Waals surface area contributed by atoms with E-state index >= 15 is 0 Å². The van der Waals surface area contributed by atoms with Gasteiger partial charge in [-0.25, -0.2) is 4.98 Å². The largest absolute Gasteiger partial charge is 0.365 e. The first kappa shape index (κ1) is 12.1. The van der Waals surface area contributed by atoms with Crippen molar-refractivity contribution in [2.24, 2.45) is 0 Å². The van der Waals surface area contributed by atoms with E-state index in [-0.39, 0.29) is 11.1 Å². The Hall–Kier alpha value is -1.32. The van der Waals surface area contributed by atoms with Gasteiger partial charge in [-0.15, -0.1) is 0 Å². The number of hydrogen-bond donors (Lipinski definition) is 2. The third-order valence-electron chi connectivity index (χ3n) is 3.07. The smallest absolute Gasteiger partial charge is 0.252 e. The van der Waals surface area contributed by atoms with Gasteiger partial charge in [0.2, 0.25) is 0 Å². The highest BCUT2D eigenvalue weighted by molar-refractivity contribution is 5.36. The number of anilines is 1. The van der Waals surface area contributed by atoms with Gasteiger partial charge in [0, 0.05) is 17.5 Å². The van der Waals surface area contributed by atoms with Crippen LogP contribution in [0, 0.1) is 0 Å². The lowest BCUT2D eigenvalue weighted by Crippen LogP contribution is -2.31. The summed E-state index contributed by atoms with van der Waals surface area (Å²) in [5, 5.41) is 3.35. The van der Waals surface area contributed by atoms with Crippen LogP contribution >= 0.6 is 0 Å². The molecule has 1 saturated carbocycles. The highest BCUT2D eigenvalue weighted by atomic mass is 16.1. The molecule has 0 saturated heterocycles. The second kappa shape index (κ2) is 4.51. The zero-order chi connectivity index (χ0) is 12.5. The summed E-state index contributed by atoms with van der Waals surface area (Å²) < 4.78 is 0. The first-order valence-corrected chi connectivity index (χ1v) is 6.39. The fourth-order valence-electron chi connectivity index (χ4n) is 2.12. The van der Waals surface area contributed by atoms with E-state index in [2.05, 4.69) is 36.1 Å². The molecule has 1 fully saturated rings. The van der Waals surface area contributed by atoms with E-state index in [0.717, 1.165) is 31.5 Å². The molecule has 0 radical (unpaired) electrons. The maximum absolute atomic E-state index is 11.6. The Bertz CT molecular complexity index is 446. The molecule has 0 atom stereocenters. The summed E-state index contributed by atoms with van der Waals surface area (Å²) >= 11 is 0. The molecule has 94 valence electrons. The van der Waals surface area contributed by atoms with Crippen molar-refractivity contribution in [2.45, 2.75) is 57.9 Å². The van der Waals surface area contributed by atoms with Crippen LogP contribution in [-0.2, 0) is 0 Å². The van der Waals surface area contributed by atoms with Crippen molar-refractivity contribution in [3.8, 4) is 0 Å². The molecule has 2 rings (SSSR count). The SMILES string of the molecule is CCCC(C)(C)Nc1cc(=O)[nH]c(C2CC2)n1. The fourth-order valence-corrected chi connectivity index (χ4v) is 2.12. The van der Waals surface area contributed by atoms with Crippen molar-refractivity contribution in [3.63, 3.8) is 0 Å².